The Morgan fingerprint density at radius 3 is 2.82 bits per heavy atom. The summed E-state index contributed by atoms with van der Waals surface area (Å²) in [6, 6.07) is 7.41. The molecule has 4 nitrogen and oxygen atoms in total. The molecule has 0 saturated heterocycles. The van der Waals surface area contributed by atoms with Crippen LogP contribution in [0.3, 0.4) is 0 Å². The zero-order valence-electron chi connectivity index (χ0n) is 8.51. The Morgan fingerprint density at radius 2 is 2.00 bits per heavy atom. The minimum atomic E-state index is 0.327. The van der Waals surface area contributed by atoms with E-state index in [2.05, 4.69) is 15.2 Å². The summed E-state index contributed by atoms with van der Waals surface area (Å²) < 4.78 is 1.78. The average Bonchev–Trinajstić information content (AvgIpc) is 2.74. The third-order valence-corrected chi connectivity index (χ3v) is 2.87. The molecule has 17 heavy (non-hydrogen) atoms. The number of hydrogen-bond acceptors (Lipinski definition) is 3. The quantitative estimate of drug-likeness (QED) is 0.679. The summed E-state index contributed by atoms with van der Waals surface area (Å²) in [5, 5.41) is 9.08. The van der Waals surface area contributed by atoms with Gasteiger partial charge in [-0.05, 0) is 12.1 Å². The van der Waals surface area contributed by atoms with Gasteiger partial charge in [-0.15, -0.1) is 10.2 Å². The Labute approximate surface area is 107 Å². The molecule has 3 rings (SSSR count). The molecule has 0 bridgehead atoms. The average molecular weight is 265 g/mol. The second-order valence-electron chi connectivity index (χ2n) is 3.45. The molecule has 0 atom stereocenters. The molecule has 0 aliphatic carbocycles. The van der Waals surface area contributed by atoms with Crippen molar-refractivity contribution in [2.24, 2.45) is 0 Å². The lowest BCUT2D eigenvalue weighted by Gasteiger charge is -2.00. The van der Waals surface area contributed by atoms with E-state index in [4.69, 9.17) is 23.2 Å². The SMILES string of the molecule is Clc1cccc(-c2nnc3c(Cl)nccn23)c1. The number of aromatic nitrogens is 4. The fourth-order valence-electron chi connectivity index (χ4n) is 1.62. The van der Waals surface area contributed by atoms with Gasteiger partial charge in [0.2, 0.25) is 0 Å². The van der Waals surface area contributed by atoms with E-state index in [0.717, 1.165) is 5.56 Å². The van der Waals surface area contributed by atoms with Gasteiger partial charge in [0.25, 0.3) is 0 Å². The molecule has 0 fully saturated rings. The maximum atomic E-state index is 5.95. The minimum Gasteiger partial charge on any atom is -0.278 e. The predicted octanol–water partition coefficient (Wildman–Crippen LogP) is 3.10. The van der Waals surface area contributed by atoms with E-state index in [1.807, 2.05) is 24.3 Å². The maximum absolute atomic E-state index is 5.95. The van der Waals surface area contributed by atoms with Crippen LogP contribution in [0.5, 0.6) is 0 Å². The molecule has 0 spiro atoms. The highest BCUT2D eigenvalue weighted by Gasteiger charge is 2.10. The van der Waals surface area contributed by atoms with Crippen LogP contribution in [-0.4, -0.2) is 19.6 Å². The Hall–Kier alpha value is -1.65. The van der Waals surface area contributed by atoms with Crippen LogP contribution >= 0.6 is 23.2 Å². The van der Waals surface area contributed by atoms with Crippen LogP contribution < -0.4 is 0 Å². The van der Waals surface area contributed by atoms with Gasteiger partial charge >= 0.3 is 0 Å². The molecule has 6 heteroatoms. The molecule has 1 aromatic carbocycles. The Bertz CT molecular complexity index is 693. The Kier molecular flexibility index (Phi) is 2.46. The lowest BCUT2D eigenvalue weighted by molar-refractivity contribution is 1.11. The number of fused-ring (bicyclic) bond motifs is 1. The first-order chi connectivity index (χ1) is 8.25. The molecule has 84 valence electrons. The molecule has 3 aromatic rings. The smallest absolute Gasteiger partial charge is 0.198 e. The largest absolute Gasteiger partial charge is 0.278 e. The molecule has 0 radical (unpaired) electrons. The summed E-state index contributed by atoms with van der Waals surface area (Å²) in [6.07, 6.45) is 3.37. The first kappa shape index (κ1) is 10.5. The monoisotopic (exact) mass is 264 g/mol. The van der Waals surface area contributed by atoms with E-state index in [1.165, 1.54) is 0 Å². The van der Waals surface area contributed by atoms with Crippen LogP contribution in [-0.2, 0) is 0 Å². The van der Waals surface area contributed by atoms with Crippen molar-refractivity contribution in [3.63, 3.8) is 0 Å². The van der Waals surface area contributed by atoms with Gasteiger partial charge in [-0.25, -0.2) is 4.98 Å². The van der Waals surface area contributed by atoms with E-state index < -0.39 is 0 Å². The molecule has 2 heterocycles. The lowest BCUT2D eigenvalue weighted by atomic mass is 10.2. The Balaban J connectivity index is 2.28. The summed E-state index contributed by atoms with van der Waals surface area (Å²) in [6.45, 7) is 0. The summed E-state index contributed by atoms with van der Waals surface area (Å²) in [5.74, 6) is 0.687. The zero-order chi connectivity index (χ0) is 11.8. The molecule has 0 aliphatic heterocycles. The Morgan fingerprint density at radius 1 is 1.12 bits per heavy atom. The normalized spacial score (nSPS) is 10.9. The van der Waals surface area contributed by atoms with Gasteiger partial charge in [0.1, 0.15) is 0 Å². The number of hydrogen-bond donors (Lipinski definition) is 0. The molecule has 0 aliphatic rings. The van der Waals surface area contributed by atoms with Gasteiger partial charge in [-0.3, -0.25) is 4.40 Å². The highest BCUT2D eigenvalue weighted by atomic mass is 35.5. The molecule has 0 N–H and O–H groups in total. The van der Waals surface area contributed by atoms with Crippen LogP contribution in [0.1, 0.15) is 0 Å². The summed E-state index contributed by atoms with van der Waals surface area (Å²) in [7, 11) is 0. The standard InChI is InChI=1S/C11H6Cl2N4/c12-8-3-1-2-7(6-8)10-15-16-11-9(13)14-4-5-17(10)11/h1-6H. The summed E-state index contributed by atoms with van der Waals surface area (Å²) in [4.78, 5) is 3.95. The second-order valence-corrected chi connectivity index (χ2v) is 4.24. The van der Waals surface area contributed by atoms with Crippen molar-refractivity contribution in [3.8, 4) is 11.4 Å². The zero-order valence-corrected chi connectivity index (χ0v) is 10.0. The van der Waals surface area contributed by atoms with E-state index in [1.54, 1.807) is 16.8 Å². The van der Waals surface area contributed by atoms with Crippen molar-refractivity contribution in [1.29, 1.82) is 0 Å². The number of nitrogens with zero attached hydrogens (tertiary/aromatic N) is 4. The molecule has 2 aromatic heterocycles. The van der Waals surface area contributed by atoms with Crippen molar-refractivity contribution in [1.82, 2.24) is 19.6 Å². The fraction of sp³-hybridized carbons (Fsp3) is 0. The minimum absolute atomic E-state index is 0.327. The molecule has 0 unspecified atom stereocenters. The third kappa shape index (κ3) is 1.75. The van der Waals surface area contributed by atoms with Gasteiger partial charge in [-0.2, -0.15) is 0 Å². The van der Waals surface area contributed by atoms with Crippen LogP contribution in [0.2, 0.25) is 10.2 Å². The van der Waals surface area contributed by atoms with Gasteiger partial charge in [-0.1, -0.05) is 35.3 Å². The van der Waals surface area contributed by atoms with Crippen molar-refractivity contribution in [2.45, 2.75) is 0 Å². The van der Waals surface area contributed by atoms with E-state index in [-0.39, 0.29) is 0 Å². The van der Waals surface area contributed by atoms with Gasteiger partial charge in [0.05, 0.1) is 0 Å². The highest BCUT2D eigenvalue weighted by molar-refractivity contribution is 6.32. The van der Waals surface area contributed by atoms with E-state index in [0.29, 0.717) is 21.6 Å². The van der Waals surface area contributed by atoms with Crippen molar-refractivity contribution < 1.29 is 0 Å². The van der Waals surface area contributed by atoms with E-state index >= 15 is 0 Å². The molecular weight excluding hydrogens is 259 g/mol. The molecular formula is C11H6Cl2N4. The number of halogens is 2. The van der Waals surface area contributed by atoms with Crippen LogP contribution in [0.4, 0.5) is 0 Å². The highest BCUT2D eigenvalue weighted by Crippen LogP contribution is 2.23. The van der Waals surface area contributed by atoms with Gasteiger partial charge in [0, 0.05) is 23.0 Å². The van der Waals surface area contributed by atoms with Crippen LogP contribution in [0.25, 0.3) is 17.0 Å². The van der Waals surface area contributed by atoms with Crippen molar-refractivity contribution >= 4 is 28.8 Å². The van der Waals surface area contributed by atoms with Crippen LogP contribution in [0, 0.1) is 0 Å². The number of rotatable bonds is 1. The summed E-state index contributed by atoms with van der Waals surface area (Å²) in [5.41, 5.74) is 1.41. The van der Waals surface area contributed by atoms with Crippen LogP contribution in [0.15, 0.2) is 36.7 Å². The fourth-order valence-corrected chi connectivity index (χ4v) is 2.00. The van der Waals surface area contributed by atoms with Crippen molar-refractivity contribution in [2.75, 3.05) is 0 Å². The number of benzene rings is 1. The predicted molar refractivity (Wildman–Crippen MR) is 66.2 cm³/mol. The molecule has 0 saturated carbocycles. The topological polar surface area (TPSA) is 43.1 Å². The third-order valence-electron chi connectivity index (χ3n) is 2.37. The van der Waals surface area contributed by atoms with Gasteiger partial charge in [0.15, 0.2) is 16.6 Å². The van der Waals surface area contributed by atoms with E-state index in [9.17, 15) is 0 Å². The second kappa shape index (κ2) is 3.98. The first-order valence-corrected chi connectivity index (χ1v) is 5.62. The maximum Gasteiger partial charge on any atom is 0.198 e. The summed E-state index contributed by atoms with van der Waals surface area (Å²) >= 11 is 11.9. The first-order valence-electron chi connectivity index (χ1n) is 4.87. The van der Waals surface area contributed by atoms with Crippen molar-refractivity contribution in [3.05, 3.63) is 46.8 Å². The lowest BCUT2D eigenvalue weighted by Crippen LogP contribution is -1.90. The van der Waals surface area contributed by atoms with Gasteiger partial charge < -0.3 is 0 Å². The molecule has 0 amide bonds.